The molecule has 2 aliphatic heterocycles. The molecule has 1 N–H and O–H groups in total. The minimum atomic E-state index is -1.80. The zero-order chi connectivity index (χ0) is 19.4. The molecule has 0 radical (unpaired) electrons. The first kappa shape index (κ1) is 16.3. The van der Waals surface area contributed by atoms with Crippen molar-refractivity contribution < 1.29 is 14.6 Å². The highest BCUT2D eigenvalue weighted by Crippen LogP contribution is 2.46. The Labute approximate surface area is 164 Å². The highest BCUT2D eigenvalue weighted by molar-refractivity contribution is 6.33. The van der Waals surface area contributed by atoms with Gasteiger partial charge in [-0.15, -0.1) is 0 Å². The number of rotatable bonds is 1. The minimum Gasteiger partial charge on any atom is -0.458 e. The Bertz CT molecular complexity index is 1330. The highest BCUT2D eigenvalue weighted by Gasteiger charge is 2.45. The Morgan fingerprint density at radius 3 is 2.86 bits per heavy atom. The smallest absolute Gasteiger partial charge is 0.343 e. The number of halogens is 1. The Balaban J connectivity index is 1.66. The summed E-state index contributed by atoms with van der Waals surface area (Å²) in [5, 5.41) is 12.7. The van der Waals surface area contributed by atoms with Crippen LogP contribution in [0.4, 0.5) is 0 Å². The fourth-order valence-electron chi connectivity index (χ4n) is 4.75. The zero-order valence-electron chi connectivity index (χ0n) is 15.0. The van der Waals surface area contributed by atoms with Crippen LogP contribution in [-0.2, 0) is 34.7 Å². The van der Waals surface area contributed by atoms with Crippen molar-refractivity contribution in [3.05, 3.63) is 61.4 Å². The van der Waals surface area contributed by atoms with E-state index in [1.54, 1.807) is 17.6 Å². The summed E-state index contributed by atoms with van der Waals surface area (Å²) in [6.45, 7) is 2.01. The summed E-state index contributed by atoms with van der Waals surface area (Å²) in [5.41, 5.74) is 4.18. The number of esters is 1. The fraction of sp³-hybridized carbons (Fsp3) is 0.286. The largest absolute Gasteiger partial charge is 0.458 e. The molecular weight excluding hydrogens is 380 g/mol. The summed E-state index contributed by atoms with van der Waals surface area (Å²) >= 11 is 6.29. The number of ether oxygens (including phenoxy) is 1. The zero-order valence-corrected chi connectivity index (χ0v) is 15.8. The molecule has 4 heterocycles. The summed E-state index contributed by atoms with van der Waals surface area (Å²) in [6, 6.07) is 5.48. The molecule has 0 unspecified atom stereocenters. The van der Waals surface area contributed by atoms with Crippen molar-refractivity contribution in [1.82, 2.24) is 9.55 Å². The molecular formula is C21H15ClN2O4. The van der Waals surface area contributed by atoms with Gasteiger partial charge >= 0.3 is 5.97 Å². The molecule has 0 bridgehead atoms. The number of cyclic esters (lactones) is 1. The van der Waals surface area contributed by atoms with Crippen LogP contribution in [0, 0.1) is 0 Å². The number of hydrogen-bond acceptors (Lipinski definition) is 5. The number of carbonyl (C=O) groups is 1. The molecule has 6 nitrogen and oxygen atoms in total. The average molecular weight is 395 g/mol. The summed E-state index contributed by atoms with van der Waals surface area (Å²) in [6.07, 6.45) is 0.895. The Kier molecular flexibility index (Phi) is 2.91. The van der Waals surface area contributed by atoms with Crippen molar-refractivity contribution in [2.45, 2.75) is 38.5 Å². The minimum absolute atomic E-state index is 0.117. The first-order chi connectivity index (χ1) is 13.4. The van der Waals surface area contributed by atoms with E-state index in [2.05, 4.69) is 0 Å². The van der Waals surface area contributed by atoms with Crippen LogP contribution >= 0.6 is 11.6 Å². The van der Waals surface area contributed by atoms with Gasteiger partial charge in [0.25, 0.3) is 5.56 Å². The van der Waals surface area contributed by atoms with Crippen LogP contribution < -0.4 is 5.56 Å². The van der Waals surface area contributed by atoms with Crippen LogP contribution in [0.25, 0.3) is 22.3 Å². The molecule has 0 amide bonds. The normalized spacial score (nSPS) is 21.0. The molecule has 0 saturated carbocycles. The third kappa shape index (κ3) is 1.71. The summed E-state index contributed by atoms with van der Waals surface area (Å²) in [7, 11) is 0. The number of hydrogen-bond donors (Lipinski definition) is 1. The first-order valence-electron chi connectivity index (χ1n) is 9.24. The van der Waals surface area contributed by atoms with Gasteiger partial charge in [-0.2, -0.15) is 0 Å². The molecule has 2 aromatic heterocycles. The molecule has 1 atom stereocenters. The molecule has 28 heavy (non-hydrogen) atoms. The van der Waals surface area contributed by atoms with Gasteiger partial charge < -0.3 is 14.4 Å². The van der Waals surface area contributed by atoms with Gasteiger partial charge in [-0.3, -0.25) is 4.79 Å². The quantitative estimate of drug-likeness (QED) is 0.442. The highest BCUT2D eigenvalue weighted by atomic mass is 35.5. The molecule has 6 rings (SSSR count). The van der Waals surface area contributed by atoms with E-state index < -0.39 is 11.6 Å². The number of carbonyl (C=O) groups excluding carboxylic acids is 1. The van der Waals surface area contributed by atoms with Crippen LogP contribution in [0.2, 0.25) is 5.02 Å². The van der Waals surface area contributed by atoms with E-state index in [-0.39, 0.29) is 18.6 Å². The SMILES string of the molecule is CC[C@@]1(O)C(=O)OCc2c1cc1n(c2=O)Cc2c-1nc1ccc(Cl)c3c1c2C3. The number of pyridine rings is 2. The number of benzene rings is 1. The fourth-order valence-corrected chi connectivity index (χ4v) is 4.98. The molecule has 1 aromatic carbocycles. The molecule has 1 aliphatic carbocycles. The van der Waals surface area contributed by atoms with E-state index in [0.29, 0.717) is 23.4 Å². The van der Waals surface area contributed by atoms with Crippen molar-refractivity contribution in [3.8, 4) is 11.4 Å². The van der Waals surface area contributed by atoms with Gasteiger partial charge in [0.2, 0.25) is 0 Å². The summed E-state index contributed by atoms with van der Waals surface area (Å²) < 4.78 is 6.77. The molecule has 7 heteroatoms. The van der Waals surface area contributed by atoms with Crippen molar-refractivity contribution in [1.29, 1.82) is 0 Å². The van der Waals surface area contributed by atoms with Crippen molar-refractivity contribution in [3.63, 3.8) is 0 Å². The second-order valence-corrected chi connectivity index (χ2v) is 8.02. The van der Waals surface area contributed by atoms with Crippen LogP contribution in [0.3, 0.4) is 0 Å². The van der Waals surface area contributed by atoms with Gasteiger partial charge in [-0.25, -0.2) is 9.78 Å². The third-order valence-electron chi connectivity index (χ3n) is 6.37. The first-order valence-corrected chi connectivity index (χ1v) is 9.62. The van der Waals surface area contributed by atoms with Crippen molar-refractivity contribution in [2.75, 3.05) is 0 Å². The van der Waals surface area contributed by atoms with E-state index in [1.807, 2.05) is 12.1 Å². The maximum atomic E-state index is 13.2. The van der Waals surface area contributed by atoms with Crippen molar-refractivity contribution >= 4 is 28.5 Å². The van der Waals surface area contributed by atoms with Gasteiger partial charge in [0.1, 0.15) is 6.61 Å². The van der Waals surface area contributed by atoms with Crippen LogP contribution in [0.1, 0.15) is 41.2 Å². The lowest BCUT2D eigenvalue weighted by atomic mass is 9.83. The number of aliphatic hydroxyl groups is 1. The van der Waals surface area contributed by atoms with Gasteiger partial charge in [-0.1, -0.05) is 18.5 Å². The molecule has 3 aromatic rings. The van der Waals surface area contributed by atoms with E-state index in [1.165, 1.54) is 5.56 Å². The standard InChI is InChI=1S/C21H15ClN2O4/c1-2-21(27)13-6-16-18-11(7-24(16)19(25)12(13)8-28-20(21)26)9-5-10-14(22)3-4-15(23-18)17(9)10/h3-4,6,27H,2,5,7-8H2,1H3/t21-/m0/s1. The van der Waals surface area contributed by atoms with E-state index >= 15 is 0 Å². The molecule has 3 aliphatic rings. The van der Waals surface area contributed by atoms with Crippen LogP contribution in [0.5, 0.6) is 0 Å². The third-order valence-corrected chi connectivity index (χ3v) is 6.73. The summed E-state index contributed by atoms with van der Waals surface area (Å²) in [4.78, 5) is 30.2. The van der Waals surface area contributed by atoms with Crippen LogP contribution in [0.15, 0.2) is 23.0 Å². The second-order valence-electron chi connectivity index (χ2n) is 7.62. The second kappa shape index (κ2) is 5.01. The Hall–Kier alpha value is -2.70. The molecule has 0 fully saturated rings. The van der Waals surface area contributed by atoms with E-state index in [4.69, 9.17) is 21.3 Å². The Morgan fingerprint density at radius 2 is 2.07 bits per heavy atom. The number of aromatic nitrogens is 2. The summed E-state index contributed by atoms with van der Waals surface area (Å²) in [5.74, 6) is -0.711. The number of fused-ring (bicyclic) bond motifs is 5. The molecule has 0 spiro atoms. The lowest BCUT2D eigenvalue weighted by Gasteiger charge is -2.31. The maximum Gasteiger partial charge on any atom is 0.343 e. The lowest BCUT2D eigenvalue weighted by molar-refractivity contribution is -0.172. The monoisotopic (exact) mass is 394 g/mol. The maximum absolute atomic E-state index is 13.2. The van der Waals surface area contributed by atoms with E-state index in [9.17, 15) is 14.7 Å². The molecule has 140 valence electrons. The van der Waals surface area contributed by atoms with Gasteiger partial charge in [0.05, 0.1) is 29.0 Å². The average Bonchev–Trinajstić information content (AvgIpc) is 3.01. The topological polar surface area (TPSA) is 81.4 Å². The van der Waals surface area contributed by atoms with E-state index in [0.717, 1.165) is 39.2 Å². The van der Waals surface area contributed by atoms with Gasteiger partial charge in [0, 0.05) is 28.0 Å². The number of nitrogens with zero attached hydrogens (tertiary/aromatic N) is 2. The van der Waals surface area contributed by atoms with Crippen LogP contribution in [-0.4, -0.2) is 20.6 Å². The predicted molar refractivity (Wildman–Crippen MR) is 102 cm³/mol. The van der Waals surface area contributed by atoms with Gasteiger partial charge in [0.15, 0.2) is 5.60 Å². The van der Waals surface area contributed by atoms with Gasteiger partial charge in [-0.05, 0) is 35.7 Å². The van der Waals surface area contributed by atoms with Crippen molar-refractivity contribution in [2.24, 2.45) is 0 Å². The Morgan fingerprint density at radius 1 is 1.25 bits per heavy atom. The lowest BCUT2D eigenvalue weighted by Crippen LogP contribution is -2.44. The predicted octanol–water partition coefficient (Wildman–Crippen LogP) is 2.64. The molecule has 0 saturated heterocycles.